The van der Waals surface area contributed by atoms with Crippen molar-refractivity contribution in [2.75, 3.05) is 13.2 Å². The summed E-state index contributed by atoms with van der Waals surface area (Å²) >= 11 is 0. The monoisotopic (exact) mass is 981 g/mol. The van der Waals surface area contributed by atoms with E-state index in [1.54, 1.807) is 0 Å². The summed E-state index contributed by atoms with van der Waals surface area (Å²) in [6, 6.07) is 0. The zero-order valence-corrected chi connectivity index (χ0v) is 45.7. The van der Waals surface area contributed by atoms with E-state index in [1.165, 1.54) is 25.7 Å². The molecule has 6 heteroatoms. The fourth-order valence-electron chi connectivity index (χ4n) is 7.44. The van der Waals surface area contributed by atoms with Gasteiger partial charge in [-0.2, -0.15) is 0 Å². The van der Waals surface area contributed by atoms with Crippen LogP contribution in [0.25, 0.3) is 0 Å². The molecule has 1 atom stereocenters. The van der Waals surface area contributed by atoms with Gasteiger partial charge < -0.3 is 14.2 Å². The van der Waals surface area contributed by atoms with Crippen LogP contribution in [-0.2, 0) is 28.6 Å². The quantitative estimate of drug-likeness (QED) is 0.0262. The van der Waals surface area contributed by atoms with Crippen LogP contribution in [0, 0.1) is 0 Å². The highest BCUT2D eigenvalue weighted by molar-refractivity contribution is 5.71. The van der Waals surface area contributed by atoms with Gasteiger partial charge in [-0.1, -0.05) is 225 Å². The summed E-state index contributed by atoms with van der Waals surface area (Å²) < 4.78 is 16.8. The maximum Gasteiger partial charge on any atom is 0.306 e. The Morgan fingerprint density at radius 1 is 0.282 bits per heavy atom. The zero-order valence-electron chi connectivity index (χ0n) is 45.7. The number of ether oxygens (including phenoxy) is 3. The summed E-state index contributed by atoms with van der Waals surface area (Å²) in [7, 11) is 0. The highest BCUT2D eigenvalue weighted by atomic mass is 16.6. The molecule has 0 heterocycles. The van der Waals surface area contributed by atoms with Crippen LogP contribution in [-0.4, -0.2) is 37.2 Å². The first-order chi connectivity index (χ1) is 35.0. The van der Waals surface area contributed by atoms with Crippen molar-refractivity contribution in [3.63, 3.8) is 0 Å². The number of unbranched alkanes of at least 4 members (excludes halogenated alkanes) is 17. The largest absolute Gasteiger partial charge is 0.462 e. The van der Waals surface area contributed by atoms with Crippen molar-refractivity contribution < 1.29 is 28.6 Å². The van der Waals surface area contributed by atoms with Gasteiger partial charge in [0.1, 0.15) is 13.2 Å². The topological polar surface area (TPSA) is 78.9 Å². The van der Waals surface area contributed by atoms with Crippen LogP contribution < -0.4 is 0 Å². The standard InChI is InChI=1S/C65H104O6/c1-4-7-10-13-16-19-22-25-28-29-30-31-32-33-34-35-38-40-43-46-49-52-55-58-64(67)70-61-62(71-65(68)59-56-53-50-47-44-41-37-27-24-21-18-15-12-9-6-3)60-69-63(66)57-54-51-48-45-42-39-36-26-23-20-17-14-11-8-5-2/h7-12,16-21,25-28,30-31,33-34,36-37,62H,4-6,13-15,22-24,29,32,35,38-61H2,1-3H3/b10-7-,11-8-,12-9-,19-16-,20-17-,21-18-,28-25-,31-30-,34-33-,36-26-,37-27-. The van der Waals surface area contributed by atoms with E-state index >= 15 is 0 Å². The fraction of sp³-hybridized carbons (Fsp3) is 0.615. The van der Waals surface area contributed by atoms with Crippen molar-refractivity contribution in [3.05, 3.63) is 134 Å². The highest BCUT2D eigenvalue weighted by Gasteiger charge is 2.19. The third-order valence-electron chi connectivity index (χ3n) is 11.6. The van der Waals surface area contributed by atoms with E-state index < -0.39 is 6.10 Å². The van der Waals surface area contributed by atoms with Crippen LogP contribution in [0.15, 0.2) is 134 Å². The third kappa shape index (κ3) is 56.3. The molecule has 0 aromatic carbocycles. The molecule has 0 aliphatic heterocycles. The first kappa shape index (κ1) is 66.6. The molecule has 6 nitrogen and oxygen atoms in total. The molecule has 0 rings (SSSR count). The van der Waals surface area contributed by atoms with Crippen molar-refractivity contribution in [1.29, 1.82) is 0 Å². The molecular formula is C65H104O6. The smallest absolute Gasteiger partial charge is 0.306 e. The summed E-state index contributed by atoms with van der Waals surface area (Å²) in [5, 5.41) is 0. The molecule has 0 aromatic rings. The van der Waals surface area contributed by atoms with Gasteiger partial charge in [0.2, 0.25) is 0 Å². The Labute approximate surface area is 436 Å². The van der Waals surface area contributed by atoms with Crippen molar-refractivity contribution in [2.24, 2.45) is 0 Å². The van der Waals surface area contributed by atoms with E-state index in [0.717, 1.165) is 173 Å². The maximum atomic E-state index is 12.8. The van der Waals surface area contributed by atoms with Crippen LogP contribution in [0.2, 0.25) is 0 Å². The van der Waals surface area contributed by atoms with Gasteiger partial charge in [-0.25, -0.2) is 0 Å². The second kappa shape index (κ2) is 58.1. The number of rotatable bonds is 50. The zero-order chi connectivity index (χ0) is 51.4. The Bertz CT molecular complexity index is 1550. The number of carbonyl (C=O) groups excluding carboxylic acids is 3. The fourth-order valence-corrected chi connectivity index (χ4v) is 7.44. The summed E-state index contributed by atoms with van der Waals surface area (Å²) in [6.45, 7) is 6.26. The summed E-state index contributed by atoms with van der Waals surface area (Å²) in [5.74, 6) is -0.950. The van der Waals surface area contributed by atoms with E-state index in [-0.39, 0.29) is 31.1 Å². The van der Waals surface area contributed by atoms with Gasteiger partial charge >= 0.3 is 17.9 Å². The van der Waals surface area contributed by atoms with Crippen LogP contribution in [0.3, 0.4) is 0 Å². The molecule has 0 aromatic heterocycles. The molecule has 0 N–H and O–H groups in total. The van der Waals surface area contributed by atoms with E-state index in [9.17, 15) is 14.4 Å². The summed E-state index contributed by atoms with van der Waals surface area (Å²) in [5.41, 5.74) is 0. The van der Waals surface area contributed by atoms with Crippen molar-refractivity contribution in [3.8, 4) is 0 Å². The maximum absolute atomic E-state index is 12.8. The van der Waals surface area contributed by atoms with E-state index in [1.807, 2.05) is 0 Å². The minimum atomic E-state index is -0.805. The lowest BCUT2D eigenvalue weighted by Crippen LogP contribution is -2.30. The molecule has 71 heavy (non-hydrogen) atoms. The average molecular weight is 982 g/mol. The molecule has 0 fully saturated rings. The Hall–Kier alpha value is -4.45. The normalized spacial score (nSPS) is 13.1. The molecule has 0 amide bonds. The Morgan fingerprint density at radius 3 is 0.789 bits per heavy atom. The van der Waals surface area contributed by atoms with Gasteiger partial charge in [0.05, 0.1) is 0 Å². The van der Waals surface area contributed by atoms with Gasteiger partial charge in [-0.15, -0.1) is 0 Å². The predicted molar refractivity (Wildman–Crippen MR) is 306 cm³/mol. The van der Waals surface area contributed by atoms with E-state index in [0.29, 0.717) is 19.3 Å². The molecule has 1 unspecified atom stereocenters. The molecule has 0 radical (unpaired) electrons. The van der Waals surface area contributed by atoms with Crippen molar-refractivity contribution in [2.45, 2.75) is 245 Å². The predicted octanol–water partition coefficient (Wildman–Crippen LogP) is 19.4. The lowest BCUT2D eigenvalue weighted by molar-refractivity contribution is -0.167. The van der Waals surface area contributed by atoms with Gasteiger partial charge in [0.15, 0.2) is 6.10 Å². The number of hydrogen-bond donors (Lipinski definition) is 0. The molecule has 0 aliphatic carbocycles. The molecule has 0 bridgehead atoms. The van der Waals surface area contributed by atoms with Crippen molar-refractivity contribution >= 4 is 17.9 Å². The molecule has 0 aliphatic rings. The lowest BCUT2D eigenvalue weighted by Gasteiger charge is -2.18. The first-order valence-electron chi connectivity index (χ1n) is 28.7. The van der Waals surface area contributed by atoms with Crippen molar-refractivity contribution in [1.82, 2.24) is 0 Å². The minimum Gasteiger partial charge on any atom is -0.462 e. The van der Waals surface area contributed by atoms with Crippen LogP contribution in [0.5, 0.6) is 0 Å². The molecule has 0 saturated heterocycles. The Kier molecular flexibility index (Phi) is 54.5. The lowest BCUT2D eigenvalue weighted by atomic mass is 10.1. The van der Waals surface area contributed by atoms with Gasteiger partial charge in [-0.3, -0.25) is 14.4 Å². The minimum absolute atomic E-state index is 0.101. The molecular weight excluding hydrogens is 877 g/mol. The second-order valence-electron chi connectivity index (χ2n) is 18.4. The van der Waals surface area contributed by atoms with Gasteiger partial charge in [-0.05, 0) is 128 Å². The number of esters is 3. The second-order valence-corrected chi connectivity index (χ2v) is 18.4. The Balaban J connectivity index is 4.44. The number of allylic oxidation sites excluding steroid dienone is 22. The average Bonchev–Trinajstić information content (AvgIpc) is 3.37. The summed E-state index contributed by atoms with van der Waals surface area (Å²) in [6.07, 6.45) is 81.5. The van der Waals surface area contributed by atoms with Crippen LogP contribution >= 0.6 is 0 Å². The third-order valence-corrected chi connectivity index (χ3v) is 11.6. The van der Waals surface area contributed by atoms with E-state index in [4.69, 9.17) is 14.2 Å². The SMILES string of the molecule is CC/C=C\C/C=C\C/C=C\C/C=C\C/C=C\CCCCCCCCCC(=O)OCC(COC(=O)CCCCCCC/C=C\C/C=C\C/C=C\CC)OC(=O)CCCCCCC/C=C\C/C=C\C/C=C\CC. The molecule has 0 saturated carbocycles. The van der Waals surface area contributed by atoms with E-state index in [2.05, 4.69) is 154 Å². The number of carbonyl (C=O) groups is 3. The summed E-state index contributed by atoms with van der Waals surface area (Å²) in [4.78, 5) is 38.2. The van der Waals surface area contributed by atoms with Gasteiger partial charge in [0, 0.05) is 19.3 Å². The van der Waals surface area contributed by atoms with Crippen LogP contribution in [0.4, 0.5) is 0 Å². The molecule has 0 spiro atoms. The van der Waals surface area contributed by atoms with Crippen LogP contribution in [0.1, 0.15) is 239 Å². The van der Waals surface area contributed by atoms with Gasteiger partial charge in [0.25, 0.3) is 0 Å². The number of hydrogen-bond acceptors (Lipinski definition) is 6. The first-order valence-corrected chi connectivity index (χ1v) is 28.7. The molecule has 400 valence electrons. The Morgan fingerprint density at radius 2 is 0.507 bits per heavy atom. The highest BCUT2D eigenvalue weighted by Crippen LogP contribution is 2.14.